The standard InChI is InChI=1S/C51H36N4/c1-4-14-35(15-5-1)39-20-12-22-41(32-39)42-28-31-46-45-24-10-11-25-47(45)55(48(46)34-42)44-29-26-36(27-30-44)40-21-13-23-43(33-40)51-53-49(37-16-6-2-7-17-37)52-50(54-51)38-18-8-3-9-19-38/h1-21,23-34,41H,22H2. The molecule has 0 bridgehead atoms. The van der Waals surface area contributed by atoms with E-state index in [9.17, 15) is 0 Å². The van der Waals surface area contributed by atoms with E-state index < -0.39 is 0 Å². The summed E-state index contributed by atoms with van der Waals surface area (Å²) in [6, 6.07) is 64.0. The van der Waals surface area contributed by atoms with Crippen LogP contribution in [-0.4, -0.2) is 19.5 Å². The van der Waals surface area contributed by atoms with Crippen LogP contribution in [0.3, 0.4) is 0 Å². The van der Waals surface area contributed by atoms with Crippen molar-refractivity contribution in [3.05, 3.63) is 211 Å². The highest BCUT2D eigenvalue weighted by Gasteiger charge is 2.18. The summed E-state index contributed by atoms with van der Waals surface area (Å²) in [5, 5.41) is 2.52. The molecule has 0 N–H and O–H groups in total. The van der Waals surface area contributed by atoms with E-state index in [0.717, 1.165) is 39.9 Å². The molecule has 4 heteroatoms. The molecule has 0 aliphatic heterocycles. The highest BCUT2D eigenvalue weighted by molar-refractivity contribution is 6.09. The number of aromatic nitrogens is 4. The van der Waals surface area contributed by atoms with E-state index in [1.807, 2.05) is 60.7 Å². The average molecular weight is 705 g/mol. The zero-order valence-corrected chi connectivity index (χ0v) is 30.1. The van der Waals surface area contributed by atoms with Crippen molar-refractivity contribution in [2.24, 2.45) is 0 Å². The van der Waals surface area contributed by atoms with Crippen molar-refractivity contribution in [2.75, 3.05) is 0 Å². The van der Waals surface area contributed by atoms with Crippen LogP contribution in [0.2, 0.25) is 0 Å². The molecule has 1 atom stereocenters. The third-order valence-corrected chi connectivity index (χ3v) is 10.6. The zero-order chi connectivity index (χ0) is 36.6. The highest BCUT2D eigenvalue weighted by Crippen LogP contribution is 2.38. The molecule has 1 aliphatic carbocycles. The molecule has 7 aromatic carbocycles. The van der Waals surface area contributed by atoms with Gasteiger partial charge in [0.25, 0.3) is 0 Å². The van der Waals surface area contributed by atoms with Gasteiger partial charge in [-0.05, 0) is 64.6 Å². The Hall–Kier alpha value is -7.17. The van der Waals surface area contributed by atoms with Crippen LogP contribution in [0.5, 0.6) is 0 Å². The molecule has 0 spiro atoms. The Kier molecular flexibility index (Phi) is 8.27. The molecule has 9 aromatic rings. The van der Waals surface area contributed by atoms with Crippen LogP contribution in [0.4, 0.5) is 0 Å². The number of para-hydroxylation sites is 1. The van der Waals surface area contributed by atoms with Crippen LogP contribution in [0.1, 0.15) is 23.5 Å². The van der Waals surface area contributed by atoms with Gasteiger partial charge in [0.2, 0.25) is 0 Å². The van der Waals surface area contributed by atoms with E-state index >= 15 is 0 Å². The molecule has 0 radical (unpaired) electrons. The van der Waals surface area contributed by atoms with E-state index in [0.29, 0.717) is 23.4 Å². The lowest BCUT2D eigenvalue weighted by atomic mass is 9.87. The van der Waals surface area contributed by atoms with Crippen LogP contribution >= 0.6 is 0 Å². The molecule has 260 valence electrons. The number of nitrogens with zero attached hydrogens (tertiary/aromatic N) is 4. The van der Waals surface area contributed by atoms with Gasteiger partial charge in [-0.15, -0.1) is 0 Å². The number of rotatable bonds is 7. The second-order valence-corrected chi connectivity index (χ2v) is 14.0. The number of allylic oxidation sites excluding steroid dienone is 4. The molecular formula is C51H36N4. The summed E-state index contributed by atoms with van der Waals surface area (Å²) in [5.41, 5.74) is 12.5. The summed E-state index contributed by atoms with van der Waals surface area (Å²) in [6.45, 7) is 0. The Bertz CT molecular complexity index is 2810. The van der Waals surface area contributed by atoms with Gasteiger partial charge in [0.1, 0.15) is 0 Å². The molecule has 0 saturated heterocycles. The number of hydrogen-bond acceptors (Lipinski definition) is 3. The van der Waals surface area contributed by atoms with Gasteiger partial charge < -0.3 is 4.57 Å². The second-order valence-electron chi connectivity index (χ2n) is 14.0. The number of hydrogen-bond donors (Lipinski definition) is 0. The normalized spacial score (nSPS) is 14.0. The maximum absolute atomic E-state index is 4.97. The Morgan fingerprint density at radius 1 is 0.418 bits per heavy atom. The summed E-state index contributed by atoms with van der Waals surface area (Å²) < 4.78 is 2.41. The van der Waals surface area contributed by atoms with Gasteiger partial charge in [-0.2, -0.15) is 0 Å². The van der Waals surface area contributed by atoms with Crippen molar-refractivity contribution in [3.8, 4) is 51.0 Å². The van der Waals surface area contributed by atoms with Crippen molar-refractivity contribution >= 4 is 27.4 Å². The smallest absolute Gasteiger partial charge is 0.164 e. The number of fused-ring (bicyclic) bond motifs is 3. The van der Waals surface area contributed by atoms with Gasteiger partial charge in [0.15, 0.2) is 17.5 Å². The Balaban J connectivity index is 1.02. The van der Waals surface area contributed by atoms with Crippen molar-refractivity contribution in [3.63, 3.8) is 0 Å². The first-order chi connectivity index (χ1) is 27.2. The molecule has 4 nitrogen and oxygen atoms in total. The van der Waals surface area contributed by atoms with E-state index in [2.05, 4.69) is 144 Å². The monoisotopic (exact) mass is 704 g/mol. The Morgan fingerprint density at radius 3 is 1.67 bits per heavy atom. The quantitative estimate of drug-likeness (QED) is 0.166. The first-order valence-electron chi connectivity index (χ1n) is 18.8. The van der Waals surface area contributed by atoms with Crippen LogP contribution in [0.25, 0.3) is 78.4 Å². The first kappa shape index (κ1) is 32.5. The minimum Gasteiger partial charge on any atom is -0.309 e. The summed E-state index contributed by atoms with van der Waals surface area (Å²) in [5.74, 6) is 2.26. The molecule has 0 saturated carbocycles. The van der Waals surface area contributed by atoms with E-state index in [1.54, 1.807) is 0 Å². The fourth-order valence-corrected chi connectivity index (χ4v) is 7.81. The second kappa shape index (κ2) is 14.0. The van der Waals surface area contributed by atoms with Gasteiger partial charge >= 0.3 is 0 Å². The van der Waals surface area contributed by atoms with Crippen LogP contribution < -0.4 is 0 Å². The molecular weight excluding hydrogens is 669 g/mol. The average Bonchev–Trinajstić information content (AvgIpc) is 3.61. The predicted molar refractivity (Wildman–Crippen MR) is 227 cm³/mol. The Labute approximate surface area is 320 Å². The zero-order valence-electron chi connectivity index (χ0n) is 30.1. The van der Waals surface area contributed by atoms with Crippen LogP contribution in [-0.2, 0) is 0 Å². The van der Waals surface area contributed by atoms with Crippen molar-refractivity contribution < 1.29 is 0 Å². The van der Waals surface area contributed by atoms with E-state index in [4.69, 9.17) is 15.0 Å². The largest absolute Gasteiger partial charge is 0.309 e. The van der Waals surface area contributed by atoms with Gasteiger partial charge in [-0.25, -0.2) is 15.0 Å². The molecule has 1 unspecified atom stereocenters. The third-order valence-electron chi connectivity index (χ3n) is 10.6. The lowest BCUT2D eigenvalue weighted by Crippen LogP contribution is -2.00. The fraction of sp³-hybridized carbons (Fsp3) is 0.0392. The fourth-order valence-electron chi connectivity index (χ4n) is 7.81. The SMILES string of the molecule is C1=CC(c2ccccc2)=CC(c2ccc3c4ccccc4n(-c4ccc(-c5cccc(-c6nc(-c7ccccc7)nc(-c7ccccc7)n6)c5)cc4)c3c2)C1. The summed E-state index contributed by atoms with van der Waals surface area (Å²) in [4.78, 5) is 14.8. The van der Waals surface area contributed by atoms with Crippen LogP contribution in [0, 0.1) is 0 Å². The molecule has 1 aliphatic rings. The van der Waals surface area contributed by atoms with Crippen molar-refractivity contribution in [1.82, 2.24) is 19.5 Å². The first-order valence-corrected chi connectivity index (χ1v) is 18.8. The van der Waals surface area contributed by atoms with E-state index in [1.165, 1.54) is 38.5 Å². The van der Waals surface area contributed by atoms with E-state index in [-0.39, 0.29) is 0 Å². The lowest BCUT2D eigenvalue weighted by molar-refractivity contribution is 0.858. The molecule has 10 rings (SSSR count). The lowest BCUT2D eigenvalue weighted by Gasteiger charge is -2.18. The molecule has 0 amide bonds. The highest BCUT2D eigenvalue weighted by atomic mass is 15.0. The molecule has 55 heavy (non-hydrogen) atoms. The van der Waals surface area contributed by atoms with Crippen molar-refractivity contribution in [1.29, 1.82) is 0 Å². The van der Waals surface area contributed by atoms with Gasteiger partial charge in [-0.3, -0.25) is 0 Å². The molecule has 0 fully saturated rings. The maximum Gasteiger partial charge on any atom is 0.164 e. The van der Waals surface area contributed by atoms with Crippen molar-refractivity contribution in [2.45, 2.75) is 12.3 Å². The maximum atomic E-state index is 4.97. The Morgan fingerprint density at radius 2 is 0.982 bits per heavy atom. The summed E-state index contributed by atoms with van der Waals surface area (Å²) in [6.07, 6.45) is 7.98. The van der Waals surface area contributed by atoms with Gasteiger partial charge in [0, 0.05) is 39.1 Å². The topological polar surface area (TPSA) is 43.6 Å². The molecule has 2 heterocycles. The third kappa shape index (κ3) is 6.24. The van der Waals surface area contributed by atoms with Crippen LogP contribution in [0.15, 0.2) is 200 Å². The minimum absolute atomic E-state index is 0.308. The van der Waals surface area contributed by atoms with Gasteiger partial charge in [-0.1, -0.05) is 170 Å². The molecule has 2 aromatic heterocycles. The number of benzene rings is 7. The van der Waals surface area contributed by atoms with Gasteiger partial charge in [0.05, 0.1) is 11.0 Å². The minimum atomic E-state index is 0.308. The summed E-state index contributed by atoms with van der Waals surface area (Å²) >= 11 is 0. The summed E-state index contributed by atoms with van der Waals surface area (Å²) in [7, 11) is 0. The predicted octanol–water partition coefficient (Wildman–Crippen LogP) is 12.8.